The first-order valence-corrected chi connectivity index (χ1v) is 5.66. The number of nitriles is 1. The van der Waals surface area contributed by atoms with Crippen molar-refractivity contribution in [3.8, 4) is 6.07 Å². The van der Waals surface area contributed by atoms with E-state index in [9.17, 15) is 8.42 Å². The van der Waals surface area contributed by atoms with Gasteiger partial charge in [0.2, 0.25) is 5.13 Å². The van der Waals surface area contributed by atoms with Crippen molar-refractivity contribution in [1.29, 1.82) is 5.26 Å². The summed E-state index contributed by atoms with van der Waals surface area (Å²) in [5.74, 6) is 0. The third kappa shape index (κ3) is 2.37. The van der Waals surface area contributed by atoms with E-state index in [-0.39, 0.29) is 5.13 Å². The molecule has 0 aliphatic rings. The first-order valence-electron chi connectivity index (χ1n) is 3.23. The molecule has 8 heteroatoms. The van der Waals surface area contributed by atoms with E-state index in [1.807, 2.05) is 0 Å². The third-order valence-electron chi connectivity index (χ3n) is 1.24. The van der Waals surface area contributed by atoms with E-state index in [0.717, 1.165) is 11.3 Å². The number of nitrogens with one attached hydrogen (secondary N) is 1. The van der Waals surface area contributed by atoms with Crippen molar-refractivity contribution in [2.45, 2.75) is 12.2 Å². The molecule has 1 N–H and O–H groups in total. The molecule has 0 saturated heterocycles. The van der Waals surface area contributed by atoms with Gasteiger partial charge in [0, 0.05) is 0 Å². The Kier molecular flexibility index (Phi) is 2.79. The van der Waals surface area contributed by atoms with Crippen LogP contribution in [0.2, 0.25) is 0 Å². The predicted octanol–water partition coefficient (Wildman–Crippen LogP) is 0.192. The van der Waals surface area contributed by atoms with Gasteiger partial charge in [0.05, 0.1) is 6.07 Å². The van der Waals surface area contributed by atoms with E-state index in [1.165, 1.54) is 12.4 Å². The van der Waals surface area contributed by atoms with Crippen molar-refractivity contribution in [3.05, 3.63) is 5.51 Å². The summed E-state index contributed by atoms with van der Waals surface area (Å²) in [6.07, 6.45) is 0. The van der Waals surface area contributed by atoms with Crippen molar-refractivity contribution in [3.63, 3.8) is 0 Å². The van der Waals surface area contributed by atoms with Gasteiger partial charge in [0.25, 0.3) is 10.0 Å². The van der Waals surface area contributed by atoms with E-state index < -0.39 is 15.3 Å². The third-order valence-corrected chi connectivity index (χ3v) is 3.49. The van der Waals surface area contributed by atoms with Crippen LogP contribution in [0.15, 0.2) is 5.51 Å². The minimum absolute atomic E-state index is 0.169. The molecule has 70 valence electrons. The molecule has 13 heavy (non-hydrogen) atoms. The van der Waals surface area contributed by atoms with Gasteiger partial charge in [-0.15, -0.1) is 10.2 Å². The number of hydrogen-bond acceptors (Lipinski definition) is 6. The van der Waals surface area contributed by atoms with Crippen molar-refractivity contribution in [1.82, 2.24) is 10.2 Å². The molecule has 0 radical (unpaired) electrons. The van der Waals surface area contributed by atoms with Crippen LogP contribution in [0.4, 0.5) is 5.13 Å². The zero-order valence-electron chi connectivity index (χ0n) is 6.63. The lowest BCUT2D eigenvalue weighted by Gasteiger charge is -2.04. The van der Waals surface area contributed by atoms with E-state index >= 15 is 0 Å². The van der Waals surface area contributed by atoms with Gasteiger partial charge < -0.3 is 0 Å². The highest BCUT2D eigenvalue weighted by Crippen LogP contribution is 2.12. The van der Waals surface area contributed by atoms with Gasteiger partial charge >= 0.3 is 0 Å². The number of hydrogen-bond donors (Lipinski definition) is 1. The topological polar surface area (TPSA) is 95.7 Å². The molecule has 0 amide bonds. The second-order valence-electron chi connectivity index (χ2n) is 2.16. The molecule has 0 spiro atoms. The maximum atomic E-state index is 11.2. The predicted molar refractivity (Wildman–Crippen MR) is 47.5 cm³/mol. The van der Waals surface area contributed by atoms with Crippen LogP contribution in [0, 0.1) is 11.3 Å². The fraction of sp³-hybridized carbons (Fsp3) is 0.400. The molecule has 0 saturated carbocycles. The largest absolute Gasteiger partial charge is 0.256 e. The van der Waals surface area contributed by atoms with Crippen molar-refractivity contribution in [2.75, 3.05) is 4.72 Å². The van der Waals surface area contributed by atoms with E-state index in [2.05, 4.69) is 14.9 Å². The monoisotopic (exact) mass is 218 g/mol. The molecule has 1 aromatic heterocycles. The first-order chi connectivity index (χ1) is 6.06. The van der Waals surface area contributed by atoms with E-state index in [4.69, 9.17) is 5.26 Å². The Morgan fingerprint density at radius 2 is 2.46 bits per heavy atom. The number of nitrogens with zero attached hydrogens (tertiary/aromatic N) is 3. The second-order valence-corrected chi connectivity index (χ2v) is 5.00. The fourth-order valence-corrected chi connectivity index (χ4v) is 1.93. The zero-order valence-corrected chi connectivity index (χ0v) is 8.26. The summed E-state index contributed by atoms with van der Waals surface area (Å²) in [5, 5.41) is 14.4. The summed E-state index contributed by atoms with van der Waals surface area (Å²) in [6, 6.07) is 1.62. The highest BCUT2D eigenvalue weighted by molar-refractivity contribution is 7.93. The molecule has 1 heterocycles. The Bertz CT molecular complexity index is 404. The Morgan fingerprint density at radius 1 is 1.77 bits per heavy atom. The van der Waals surface area contributed by atoms with E-state index in [1.54, 1.807) is 6.07 Å². The second kappa shape index (κ2) is 3.68. The van der Waals surface area contributed by atoms with Crippen LogP contribution < -0.4 is 4.72 Å². The van der Waals surface area contributed by atoms with Crippen LogP contribution in [0.25, 0.3) is 0 Å². The summed E-state index contributed by atoms with van der Waals surface area (Å²) in [5.41, 5.74) is 1.40. The van der Waals surface area contributed by atoms with Crippen LogP contribution >= 0.6 is 11.3 Å². The SMILES string of the molecule is CC(C#N)S(=O)(=O)Nc1nncs1. The van der Waals surface area contributed by atoms with Gasteiger partial charge in [-0.2, -0.15) is 5.26 Å². The number of aromatic nitrogens is 2. The van der Waals surface area contributed by atoms with Gasteiger partial charge in [-0.25, -0.2) is 8.42 Å². The molecule has 0 aliphatic heterocycles. The molecular weight excluding hydrogens is 212 g/mol. The van der Waals surface area contributed by atoms with Crippen LogP contribution in [-0.4, -0.2) is 23.9 Å². The van der Waals surface area contributed by atoms with Gasteiger partial charge in [-0.05, 0) is 6.92 Å². The average Bonchev–Trinajstić information content (AvgIpc) is 2.54. The number of rotatable bonds is 3. The summed E-state index contributed by atoms with van der Waals surface area (Å²) in [4.78, 5) is 0. The minimum atomic E-state index is -3.64. The Hall–Kier alpha value is -1.20. The summed E-state index contributed by atoms with van der Waals surface area (Å²) in [7, 11) is -3.64. The van der Waals surface area contributed by atoms with Crippen LogP contribution in [0.1, 0.15) is 6.92 Å². The van der Waals surface area contributed by atoms with Gasteiger partial charge in [0.1, 0.15) is 5.51 Å². The van der Waals surface area contributed by atoms with Crippen molar-refractivity contribution < 1.29 is 8.42 Å². The molecule has 1 aromatic rings. The van der Waals surface area contributed by atoms with Crippen LogP contribution in [0.3, 0.4) is 0 Å². The van der Waals surface area contributed by atoms with Gasteiger partial charge in [0.15, 0.2) is 5.25 Å². The van der Waals surface area contributed by atoms with Crippen LogP contribution in [0.5, 0.6) is 0 Å². The highest BCUT2D eigenvalue weighted by atomic mass is 32.2. The highest BCUT2D eigenvalue weighted by Gasteiger charge is 2.20. The lowest BCUT2D eigenvalue weighted by Crippen LogP contribution is -2.23. The molecule has 0 fully saturated rings. The molecule has 0 bridgehead atoms. The Labute approximate surface area is 79.3 Å². The quantitative estimate of drug-likeness (QED) is 0.781. The number of sulfonamides is 1. The van der Waals surface area contributed by atoms with Gasteiger partial charge in [-0.1, -0.05) is 11.3 Å². The molecule has 0 aromatic carbocycles. The minimum Gasteiger partial charge on any atom is -0.256 e. The summed E-state index contributed by atoms with van der Waals surface area (Å²) >= 11 is 1.06. The van der Waals surface area contributed by atoms with Crippen molar-refractivity contribution in [2.24, 2.45) is 0 Å². The van der Waals surface area contributed by atoms with E-state index in [0.29, 0.717) is 0 Å². The number of anilines is 1. The zero-order chi connectivity index (χ0) is 9.90. The standard InChI is InChI=1S/C5H6N4O2S2/c1-4(2-6)13(10,11)9-5-8-7-3-12-5/h3-4H,1H3,(H,8,9). The van der Waals surface area contributed by atoms with Crippen LogP contribution in [-0.2, 0) is 10.0 Å². The molecule has 1 unspecified atom stereocenters. The molecule has 1 rings (SSSR count). The summed E-state index contributed by atoms with van der Waals surface area (Å²) in [6.45, 7) is 1.30. The Balaban J connectivity index is 2.81. The lowest BCUT2D eigenvalue weighted by molar-refractivity contribution is 0.597. The maximum Gasteiger partial charge on any atom is 0.250 e. The smallest absolute Gasteiger partial charge is 0.250 e. The average molecular weight is 218 g/mol. The van der Waals surface area contributed by atoms with Gasteiger partial charge in [-0.3, -0.25) is 4.72 Å². The molecular formula is C5H6N4O2S2. The fourth-order valence-electron chi connectivity index (χ4n) is 0.497. The normalized spacial score (nSPS) is 13.2. The lowest BCUT2D eigenvalue weighted by atomic mass is 10.5. The van der Waals surface area contributed by atoms with Crippen molar-refractivity contribution >= 4 is 26.5 Å². The Morgan fingerprint density at radius 3 is 2.92 bits per heavy atom. The summed E-state index contributed by atoms with van der Waals surface area (Å²) < 4.78 is 24.6. The molecule has 0 aliphatic carbocycles. The first kappa shape index (κ1) is 9.88. The maximum absolute atomic E-state index is 11.2. The molecule has 6 nitrogen and oxygen atoms in total. The molecule has 1 atom stereocenters.